The topological polar surface area (TPSA) is 24.1 Å². The molecule has 2 aromatic rings. The molecule has 0 saturated carbocycles. The Hall–Kier alpha value is -1.87. The third-order valence-corrected chi connectivity index (χ3v) is 3.66. The molecule has 2 nitrogen and oxygen atoms in total. The van der Waals surface area contributed by atoms with Gasteiger partial charge in [-0.2, -0.15) is 0 Å². The first-order valence-electron chi connectivity index (χ1n) is 7.22. The minimum absolute atomic E-state index is 0.421. The third kappa shape index (κ3) is 4.87. The normalized spacial score (nSPS) is 11.8. The Kier molecular flexibility index (Phi) is 5.34. The SMILES string of the molecule is Cc1cc(C)cc(NC(=S)NC[C@H](C)c2ccccc2)c1. The van der Waals surface area contributed by atoms with E-state index in [0.717, 1.165) is 12.2 Å². The van der Waals surface area contributed by atoms with Gasteiger partial charge in [-0.1, -0.05) is 43.3 Å². The number of rotatable bonds is 4. The van der Waals surface area contributed by atoms with Crippen LogP contribution in [0.4, 0.5) is 5.69 Å². The Balaban J connectivity index is 1.87. The summed E-state index contributed by atoms with van der Waals surface area (Å²) in [5, 5.41) is 7.21. The zero-order valence-corrected chi connectivity index (χ0v) is 13.6. The first kappa shape index (κ1) is 15.5. The molecular weight excluding hydrogens is 276 g/mol. The van der Waals surface area contributed by atoms with Crippen LogP contribution in [0.2, 0.25) is 0 Å². The second kappa shape index (κ2) is 7.23. The monoisotopic (exact) mass is 298 g/mol. The molecule has 21 heavy (non-hydrogen) atoms. The van der Waals surface area contributed by atoms with E-state index in [4.69, 9.17) is 12.2 Å². The van der Waals surface area contributed by atoms with Gasteiger partial charge in [-0.15, -0.1) is 0 Å². The van der Waals surface area contributed by atoms with Crippen LogP contribution in [0.25, 0.3) is 0 Å². The van der Waals surface area contributed by atoms with Gasteiger partial charge in [0.1, 0.15) is 0 Å². The second-order valence-electron chi connectivity index (χ2n) is 5.52. The van der Waals surface area contributed by atoms with Gasteiger partial charge < -0.3 is 10.6 Å². The molecule has 0 saturated heterocycles. The molecule has 0 spiro atoms. The molecule has 0 aliphatic carbocycles. The number of hydrogen-bond acceptors (Lipinski definition) is 1. The van der Waals surface area contributed by atoms with Crippen molar-refractivity contribution in [2.24, 2.45) is 0 Å². The average molecular weight is 298 g/mol. The molecule has 110 valence electrons. The summed E-state index contributed by atoms with van der Waals surface area (Å²) < 4.78 is 0. The maximum absolute atomic E-state index is 5.37. The summed E-state index contributed by atoms with van der Waals surface area (Å²) in [6, 6.07) is 16.8. The first-order valence-corrected chi connectivity index (χ1v) is 7.63. The summed E-state index contributed by atoms with van der Waals surface area (Å²) in [6.07, 6.45) is 0. The van der Waals surface area contributed by atoms with Crippen LogP contribution in [0.15, 0.2) is 48.5 Å². The molecule has 0 heterocycles. The van der Waals surface area contributed by atoms with E-state index in [1.165, 1.54) is 16.7 Å². The van der Waals surface area contributed by atoms with Crippen LogP contribution in [0.5, 0.6) is 0 Å². The maximum atomic E-state index is 5.37. The van der Waals surface area contributed by atoms with Gasteiger partial charge in [0.15, 0.2) is 5.11 Å². The minimum atomic E-state index is 0.421. The predicted molar refractivity (Wildman–Crippen MR) is 95.0 cm³/mol. The van der Waals surface area contributed by atoms with Crippen molar-refractivity contribution in [3.8, 4) is 0 Å². The Morgan fingerprint density at radius 1 is 1.05 bits per heavy atom. The van der Waals surface area contributed by atoms with Crippen molar-refractivity contribution in [1.29, 1.82) is 0 Å². The third-order valence-electron chi connectivity index (χ3n) is 3.42. The highest BCUT2D eigenvalue weighted by atomic mass is 32.1. The van der Waals surface area contributed by atoms with Crippen LogP contribution >= 0.6 is 12.2 Å². The molecule has 2 N–H and O–H groups in total. The van der Waals surface area contributed by atoms with Crippen molar-refractivity contribution >= 4 is 23.0 Å². The summed E-state index contributed by atoms with van der Waals surface area (Å²) in [5.41, 5.74) is 4.83. The van der Waals surface area contributed by atoms with Crippen molar-refractivity contribution < 1.29 is 0 Å². The highest BCUT2D eigenvalue weighted by Crippen LogP contribution is 2.15. The predicted octanol–water partition coefficient (Wildman–Crippen LogP) is 4.39. The van der Waals surface area contributed by atoms with Crippen LogP contribution < -0.4 is 10.6 Å². The van der Waals surface area contributed by atoms with Crippen LogP contribution in [0.1, 0.15) is 29.5 Å². The summed E-state index contributed by atoms with van der Waals surface area (Å²) in [4.78, 5) is 0. The van der Waals surface area contributed by atoms with Crippen LogP contribution in [-0.4, -0.2) is 11.7 Å². The fraction of sp³-hybridized carbons (Fsp3) is 0.278. The molecule has 0 bridgehead atoms. The Morgan fingerprint density at radius 2 is 1.67 bits per heavy atom. The number of benzene rings is 2. The lowest BCUT2D eigenvalue weighted by Gasteiger charge is -2.16. The molecule has 0 aliphatic rings. The average Bonchev–Trinajstić information content (AvgIpc) is 2.44. The molecule has 1 atom stereocenters. The molecule has 0 radical (unpaired) electrons. The van der Waals surface area contributed by atoms with Gasteiger partial charge in [-0.3, -0.25) is 0 Å². The standard InChI is InChI=1S/C18H22N2S/c1-13-9-14(2)11-17(10-13)20-18(21)19-12-15(3)16-7-5-4-6-8-16/h4-11,15H,12H2,1-3H3,(H2,19,20,21)/t15-/m0/s1. The molecular formula is C18H22N2S. The maximum Gasteiger partial charge on any atom is 0.170 e. The quantitative estimate of drug-likeness (QED) is 0.818. The second-order valence-corrected chi connectivity index (χ2v) is 5.93. The van der Waals surface area contributed by atoms with E-state index >= 15 is 0 Å². The fourth-order valence-electron chi connectivity index (χ4n) is 2.37. The van der Waals surface area contributed by atoms with Crippen molar-refractivity contribution in [2.75, 3.05) is 11.9 Å². The van der Waals surface area contributed by atoms with Gasteiger partial charge in [-0.25, -0.2) is 0 Å². The van der Waals surface area contributed by atoms with Crippen molar-refractivity contribution in [3.05, 3.63) is 65.2 Å². The molecule has 0 unspecified atom stereocenters. The summed E-state index contributed by atoms with van der Waals surface area (Å²) >= 11 is 5.37. The van der Waals surface area contributed by atoms with Crippen molar-refractivity contribution in [3.63, 3.8) is 0 Å². The zero-order valence-electron chi connectivity index (χ0n) is 12.8. The van der Waals surface area contributed by atoms with Gasteiger partial charge in [-0.05, 0) is 60.8 Å². The zero-order chi connectivity index (χ0) is 15.2. The van der Waals surface area contributed by atoms with E-state index in [1.807, 2.05) is 6.07 Å². The van der Waals surface area contributed by atoms with Crippen molar-refractivity contribution in [1.82, 2.24) is 5.32 Å². The lowest BCUT2D eigenvalue weighted by Crippen LogP contribution is -2.31. The Bertz CT molecular complexity index is 588. The lowest BCUT2D eigenvalue weighted by atomic mass is 10.0. The van der Waals surface area contributed by atoms with Gasteiger partial charge >= 0.3 is 0 Å². The number of thiocarbonyl (C=S) groups is 1. The minimum Gasteiger partial charge on any atom is -0.362 e. The molecule has 0 amide bonds. The molecule has 3 heteroatoms. The van der Waals surface area contributed by atoms with Gasteiger partial charge in [0.05, 0.1) is 0 Å². The highest BCUT2D eigenvalue weighted by molar-refractivity contribution is 7.80. The van der Waals surface area contributed by atoms with Gasteiger partial charge in [0.25, 0.3) is 0 Å². The summed E-state index contributed by atoms with van der Waals surface area (Å²) in [5.74, 6) is 0.421. The first-order chi connectivity index (χ1) is 10.0. The van der Waals surface area contributed by atoms with E-state index in [-0.39, 0.29) is 0 Å². The van der Waals surface area contributed by atoms with E-state index in [0.29, 0.717) is 11.0 Å². The highest BCUT2D eigenvalue weighted by Gasteiger charge is 2.06. The lowest BCUT2D eigenvalue weighted by molar-refractivity contribution is 0.723. The molecule has 0 aliphatic heterocycles. The molecule has 2 rings (SSSR count). The molecule has 2 aromatic carbocycles. The van der Waals surface area contributed by atoms with Crippen LogP contribution in [0.3, 0.4) is 0 Å². The van der Waals surface area contributed by atoms with E-state index < -0.39 is 0 Å². The smallest absolute Gasteiger partial charge is 0.170 e. The Morgan fingerprint density at radius 3 is 2.29 bits per heavy atom. The largest absolute Gasteiger partial charge is 0.362 e. The van der Waals surface area contributed by atoms with Gasteiger partial charge in [0.2, 0.25) is 0 Å². The Labute approximate surface area is 132 Å². The molecule has 0 fully saturated rings. The van der Waals surface area contributed by atoms with E-state index in [2.05, 4.69) is 73.9 Å². The fourth-order valence-corrected chi connectivity index (χ4v) is 2.57. The summed E-state index contributed by atoms with van der Waals surface area (Å²) in [6.45, 7) is 7.20. The van der Waals surface area contributed by atoms with Gasteiger partial charge in [0, 0.05) is 12.2 Å². The van der Waals surface area contributed by atoms with Crippen molar-refractivity contribution in [2.45, 2.75) is 26.7 Å². The molecule has 0 aromatic heterocycles. The number of hydrogen-bond donors (Lipinski definition) is 2. The number of aryl methyl sites for hydroxylation is 2. The number of anilines is 1. The van der Waals surface area contributed by atoms with E-state index in [1.54, 1.807) is 0 Å². The van der Waals surface area contributed by atoms with E-state index in [9.17, 15) is 0 Å². The van der Waals surface area contributed by atoms with Crippen LogP contribution in [0, 0.1) is 13.8 Å². The number of nitrogens with one attached hydrogen (secondary N) is 2. The summed E-state index contributed by atoms with van der Waals surface area (Å²) in [7, 11) is 0. The van der Waals surface area contributed by atoms with Crippen LogP contribution in [-0.2, 0) is 0 Å².